The highest BCUT2D eigenvalue weighted by atomic mass is 16.5. The second kappa shape index (κ2) is 5.87. The summed E-state index contributed by atoms with van der Waals surface area (Å²) in [4.78, 5) is 29.3. The maximum Gasteiger partial charge on any atom is 0.331 e. The molecule has 1 N–H and O–H groups in total. The van der Waals surface area contributed by atoms with Crippen molar-refractivity contribution in [1.82, 2.24) is 10.3 Å². The molecule has 1 amide bonds. The minimum Gasteiger partial charge on any atom is -0.467 e. The Kier molecular flexibility index (Phi) is 4.51. The molecular formula is C19H28N2O3. The van der Waals surface area contributed by atoms with Gasteiger partial charge < -0.3 is 10.1 Å². The molecule has 0 aliphatic heterocycles. The second-order valence-corrected chi connectivity index (χ2v) is 8.65. The maximum atomic E-state index is 12.7. The van der Waals surface area contributed by atoms with Crippen molar-refractivity contribution >= 4 is 11.9 Å². The van der Waals surface area contributed by atoms with E-state index in [2.05, 4.69) is 46.9 Å². The van der Waals surface area contributed by atoms with Gasteiger partial charge in [-0.1, -0.05) is 41.5 Å². The third kappa shape index (κ3) is 3.77. The molecule has 0 bridgehead atoms. The van der Waals surface area contributed by atoms with Gasteiger partial charge in [0.15, 0.2) is 0 Å². The average molecular weight is 332 g/mol. The van der Waals surface area contributed by atoms with Gasteiger partial charge in [0.25, 0.3) is 5.91 Å². The zero-order chi connectivity index (χ0) is 18.3. The van der Waals surface area contributed by atoms with E-state index in [1.807, 2.05) is 12.1 Å². The number of esters is 1. The van der Waals surface area contributed by atoms with Crippen LogP contribution in [0.25, 0.3) is 0 Å². The van der Waals surface area contributed by atoms with Gasteiger partial charge in [0.05, 0.1) is 7.11 Å². The fourth-order valence-corrected chi connectivity index (χ4v) is 2.42. The molecule has 0 aromatic carbocycles. The quantitative estimate of drug-likeness (QED) is 0.864. The van der Waals surface area contributed by atoms with E-state index in [0.29, 0.717) is 18.4 Å². The summed E-state index contributed by atoms with van der Waals surface area (Å²) in [6.07, 6.45) is 1.24. The van der Waals surface area contributed by atoms with Gasteiger partial charge >= 0.3 is 5.97 Å². The highest BCUT2D eigenvalue weighted by Crippen LogP contribution is 2.37. The number of pyridine rings is 1. The third-order valence-electron chi connectivity index (χ3n) is 4.30. The molecule has 2 rings (SSSR count). The number of nitrogens with zero attached hydrogens (tertiary/aromatic N) is 1. The highest BCUT2D eigenvalue weighted by Gasteiger charge is 2.52. The Morgan fingerprint density at radius 2 is 1.50 bits per heavy atom. The van der Waals surface area contributed by atoms with Crippen molar-refractivity contribution in [1.29, 1.82) is 0 Å². The number of methoxy groups -OCH3 is 1. The summed E-state index contributed by atoms with van der Waals surface area (Å²) in [7, 11) is 1.34. The number of nitrogens with one attached hydrogen (secondary N) is 1. The van der Waals surface area contributed by atoms with E-state index in [0.717, 1.165) is 11.4 Å². The van der Waals surface area contributed by atoms with Crippen molar-refractivity contribution in [3.63, 3.8) is 0 Å². The Morgan fingerprint density at radius 3 is 1.83 bits per heavy atom. The van der Waals surface area contributed by atoms with Crippen molar-refractivity contribution in [2.75, 3.05) is 7.11 Å². The van der Waals surface area contributed by atoms with Crippen LogP contribution in [0.5, 0.6) is 0 Å². The Hall–Kier alpha value is -1.91. The van der Waals surface area contributed by atoms with Crippen molar-refractivity contribution in [2.24, 2.45) is 0 Å². The molecule has 5 nitrogen and oxygen atoms in total. The minimum absolute atomic E-state index is 0.171. The molecule has 1 fully saturated rings. The molecule has 0 saturated heterocycles. The SMILES string of the molecule is COC(=O)C1(NC(=O)c2cc(C(C)(C)C)nc(C(C)(C)C)c2)CC1. The summed E-state index contributed by atoms with van der Waals surface area (Å²) in [5.74, 6) is -0.631. The number of hydrogen-bond acceptors (Lipinski definition) is 4. The molecule has 24 heavy (non-hydrogen) atoms. The molecule has 132 valence electrons. The van der Waals surface area contributed by atoms with Crippen LogP contribution < -0.4 is 5.32 Å². The normalized spacial score (nSPS) is 16.5. The molecular weight excluding hydrogens is 304 g/mol. The molecule has 0 spiro atoms. The number of hydrogen-bond donors (Lipinski definition) is 1. The van der Waals surface area contributed by atoms with Gasteiger partial charge in [0.1, 0.15) is 5.54 Å². The van der Waals surface area contributed by atoms with E-state index in [9.17, 15) is 9.59 Å². The first-order valence-electron chi connectivity index (χ1n) is 8.33. The zero-order valence-electron chi connectivity index (χ0n) is 15.7. The van der Waals surface area contributed by atoms with E-state index in [4.69, 9.17) is 9.72 Å². The Bertz CT molecular complexity index is 630. The Morgan fingerprint density at radius 1 is 1.04 bits per heavy atom. The number of amides is 1. The molecule has 1 heterocycles. The fraction of sp³-hybridized carbons (Fsp3) is 0.632. The zero-order valence-corrected chi connectivity index (χ0v) is 15.7. The first-order valence-corrected chi connectivity index (χ1v) is 8.33. The summed E-state index contributed by atoms with van der Waals surface area (Å²) in [5.41, 5.74) is 1.08. The topological polar surface area (TPSA) is 68.3 Å². The number of ether oxygens (including phenoxy) is 1. The number of carbonyl (C=O) groups is 2. The summed E-state index contributed by atoms with van der Waals surface area (Å²) in [6, 6.07) is 3.63. The molecule has 0 radical (unpaired) electrons. The van der Waals surface area contributed by atoms with Crippen molar-refractivity contribution in [3.8, 4) is 0 Å². The van der Waals surface area contributed by atoms with Gasteiger partial charge in [0, 0.05) is 27.8 Å². The average Bonchev–Trinajstić information content (AvgIpc) is 3.24. The van der Waals surface area contributed by atoms with Crippen LogP contribution in [0.2, 0.25) is 0 Å². The molecule has 5 heteroatoms. The number of carbonyl (C=O) groups excluding carboxylic acids is 2. The van der Waals surface area contributed by atoms with Crippen LogP contribution in [0.1, 0.15) is 76.1 Å². The van der Waals surface area contributed by atoms with Crippen LogP contribution in [0, 0.1) is 0 Å². The number of rotatable bonds is 3. The Labute approximate surface area is 144 Å². The molecule has 0 unspecified atom stereocenters. The van der Waals surface area contributed by atoms with Gasteiger partial charge in [-0.25, -0.2) is 4.79 Å². The van der Waals surface area contributed by atoms with E-state index < -0.39 is 5.54 Å². The molecule has 1 aromatic rings. The lowest BCUT2D eigenvalue weighted by Gasteiger charge is -2.25. The van der Waals surface area contributed by atoms with Crippen molar-refractivity contribution in [3.05, 3.63) is 29.1 Å². The lowest BCUT2D eigenvalue weighted by atomic mass is 9.86. The van der Waals surface area contributed by atoms with E-state index in [1.54, 1.807) is 0 Å². The van der Waals surface area contributed by atoms with Crippen LogP contribution >= 0.6 is 0 Å². The Balaban J connectivity index is 2.39. The lowest BCUT2D eigenvalue weighted by molar-refractivity contribution is -0.144. The largest absolute Gasteiger partial charge is 0.467 e. The van der Waals surface area contributed by atoms with E-state index in [1.165, 1.54) is 7.11 Å². The molecule has 1 saturated carbocycles. The molecule has 0 atom stereocenters. The second-order valence-electron chi connectivity index (χ2n) is 8.65. The smallest absolute Gasteiger partial charge is 0.331 e. The van der Waals surface area contributed by atoms with Gasteiger partial charge in [0.2, 0.25) is 0 Å². The summed E-state index contributed by atoms with van der Waals surface area (Å²) < 4.78 is 4.80. The van der Waals surface area contributed by atoms with Gasteiger partial charge in [-0.05, 0) is 25.0 Å². The summed E-state index contributed by atoms with van der Waals surface area (Å²) in [6.45, 7) is 12.4. The predicted molar refractivity (Wildman–Crippen MR) is 93.1 cm³/mol. The molecule has 1 aromatic heterocycles. The van der Waals surface area contributed by atoms with Crippen LogP contribution in [0.4, 0.5) is 0 Å². The summed E-state index contributed by atoms with van der Waals surface area (Å²) >= 11 is 0. The molecule has 1 aliphatic carbocycles. The van der Waals surface area contributed by atoms with E-state index >= 15 is 0 Å². The molecule has 1 aliphatic rings. The van der Waals surface area contributed by atoms with Crippen LogP contribution in [0.3, 0.4) is 0 Å². The highest BCUT2D eigenvalue weighted by molar-refractivity contribution is 5.99. The predicted octanol–water partition coefficient (Wildman–Crippen LogP) is 3.11. The minimum atomic E-state index is -0.848. The fourth-order valence-electron chi connectivity index (χ4n) is 2.42. The summed E-state index contributed by atoms with van der Waals surface area (Å²) in [5, 5.41) is 2.85. The lowest BCUT2D eigenvalue weighted by Crippen LogP contribution is -2.44. The first kappa shape index (κ1) is 18.4. The third-order valence-corrected chi connectivity index (χ3v) is 4.30. The van der Waals surface area contributed by atoms with Crippen LogP contribution in [-0.4, -0.2) is 29.5 Å². The van der Waals surface area contributed by atoms with Gasteiger partial charge in [-0.3, -0.25) is 9.78 Å². The van der Waals surface area contributed by atoms with Crippen molar-refractivity contribution in [2.45, 2.75) is 70.8 Å². The first-order chi connectivity index (χ1) is 10.9. The number of aromatic nitrogens is 1. The van der Waals surface area contributed by atoms with Crippen molar-refractivity contribution < 1.29 is 14.3 Å². The van der Waals surface area contributed by atoms with Crippen LogP contribution in [0.15, 0.2) is 12.1 Å². The van der Waals surface area contributed by atoms with Crippen LogP contribution in [-0.2, 0) is 20.4 Å². The maximum absolute atomic E-state index is 12.7. The van der Waals surface area contributed by atoms with Gasteiger partial charge in [-0.2, -0.15) is 0 Å². The standard InChI is InChI=1S/C19H28N2O3/c1-17(2,3)13-10-12(11-14(20-13)18(4,5)6)15(22)21-19(8-9-19)16(23)24-7/h10-11H,8-9H2,1-7H3,(H,21,22). The monoisotopic (exact) mass is 332 g/mol. The van der Waals surface area contributed by atoms with Gasteiger partial charge in [-0.15, -0.1) is 0 Å². The van der Waals surface area contributed by atoms with E-state index in [-0.39, 0.29) is 22.7 Å².